The maximum absolute atomic E-state index is 13.7. The first kappa shape index (κ1) is 24.4. The molecule has 0 aromatic heterocycles. The standard InChI is InChI=1S/C26H31NO6S/c1-32-25(28)21-12-14-23(15-13-21)27(17-19-10-11-19)34(30,31)24-9-5-8-22(16-24)26(29)33-18-20-6-3-2-4-7-20/h2-9,16,19,21,23H,10-15,17-18H2,1H3/t21-,23-. The summed E-state index contributed by atoms with van der Waals surface area (Å²) in [5.41, 5.74) is 1.07. The van der Waals surface area contributed by atoms with Crippen LogP contribution in [0.25, 0.3) is 0 Å². The molecule has 8 heteroatoms. The third kappa shape index (κ3) is 5.85. The molecule has 2 aliphatic carbocycles. The summed E-state index contributed by atoms with van der Waals surface area (Å²) in [5, 5.41) is 0. The van der Waals surface area contributed by atoms with Crippen molar-refractivity contribution in [1.29, 1.82) is 0 Å². The van der Waals surface area contributed by atoms with E-state index >= 15 is 0 Å². The predicted molar refractivity (Wildman–Crippen MR) is 126 cm³/mol. The average Bonchev–Trinajstić information content (AvgIpc) is 3.70. The Morgan fingerprint density at radius 3 is 2.29 bits per heavy atom. The molecule has 2 fully saturated rings. The molecule has 0 amide bonds. The molecular formula is C26H31NO6S. The number of esters is 2. The van der Waals surface area contributed by atoms with E-state index in [4.69, 9.17) is 9.47 Å². The van der Waals surface area contributed by atoms with E-state index in [1.807, 2.05) is 30.3 Å². The molecule has 0 unspecified atom stereocenters. The summed E-state index contributed by atoms with van der Waals surface area (Å²) < 4.78 is 39.3. The maximum Gasteiger partial charge on any atom is 0.338 e. The molecular weight excluding hydrogens is 454 g/mol. The van der Waals surface area contributed by atoms with Crippen LogP contribution in [-0.4, -0.2) is 44.4 Å². The van der Waals surface area contributed by atoms with Crippen LogP contribution < -0.4 is 0 Å². The van der Waals surface area contributed by atoms with Gasteiger partial charge in [-0.05, 0) is 68.2 Å². The Balaban J connectivity index is 1.49. The van der Waals surface area contributed by atoms with E-state index in [2.05, 4.69) is 0 Å². The number of nitrogens with zero attached hydrogens (tertiary/aromatic N) is 1. The smallest absolute Gasteiger partial charge is 0.338 e. The Kier molecular flexibility index (Phi) is 7.68. The zero-order valence-corrected chi connectivity index (χ0v) is 20.2. The second-order valence-corrected chi connectivity index (χ2v) is 11.0. The SMILES string of the molecule is COC(=O)[C@H]1CC[C@H](N(CC2CC2)S(=O)(=O)c2cccc(C(=O)OCc3ccccc3)c2)CC1. The Morgan fingerprint density at radius 1 is 0.941 bits per heavy atom. The van der Waals surface area contributed by atoms with E-state index in [1.165, 1.54) is 19.2 Å². The third-order valence-corrected chi connectivity index (χ3v) is 8.58. The number of carbonyl (C=O) groups is 2. The van der Waals surface area contributed by atoms with Gasteiger partial charge in [0.25, 0.3) is 0 Å². The zero-order valence-electron chi connectivity index (χ0n) is 19.4. The number of hydrogen-bond donors (Lipinski definition) is 0. The Bertz CT molecular complexity index is 1110. The molecule has 4 rings (SSSR count). The van der Waals surface area contributed by atoms with Gasteiger partial charge in [-0.15, -0.1) is 0 Å². The number of benzene rings is 2. The molecule has 7 nitrogen and oxygen atoms in total. The van der Waals surface area contributed by atoms with E-state index in [0.29, 0.717) is 38.1 Å². The Morgan fingerprint density at radius 2 is 1.65 bits per heavy atom. The average molecular weight is 486 g/mol. The molecule has 0 radical (unpaired) electrons. The fourth-order valence-electron chi connectivity index (χ4n) is 4.49. The molecule has 0 aliphatic heterocycles. The van der Waals surface area contributed by atoms with Crippen molar-refractivity contribution in [1.82, 2.24) is 4.31 Å². The molecule has 0 bridgehead atoms. The van der Waals surface area contributed by atoms with Gasteiger partial charge in [-0.25, -0.2) is 13.2 Å². The van der Waals surface area contributed by atoms with Crippen LogP contribution in [0.3, 0.4) is 0 Å². The number of hydrogen-bond acceptors (Lipinski definition) is 6. The summed E-state index contributed by atoms with van der Waals surface area (Å²) in [5.74, 6) is -0.591. The fourth-order valence-corrected chi connectivity index (χ4v) is 6.30. The minimum atomic E-state index is -3.81. The van der Waals surface area contributed by atoms with Gasteiger partial charge in [-0.3, -0.25) is 4.79 Å². The maximum atomic E-state index is 13.7. The van der Waals surface area contributed by atoms with Gasteiger partial charge in [0.05, 0.1) is 23.5 Å². The van der Waals surface area contributed by atoms with Gasteiger partial charge in [-0.2, -0.15) is 4.31 Å². The minimum absolute atomic E-state index is 0.0948. The van der Waals surface area contributed by atoms with Crippen LogP contribution in [0.2, 0.25) is 0 Å². The van der Waals surface area contributed by atoms with E-state index in [-0.39, 0.29) is 35.0 Å². The number of ether oxygens (including phenoxy) is 2. The highest BCUT2D eigenvalue weighted by atomic mass is 32.2. The van der Waals surface area contributed by atoms with Crippen molar-refractivity contribution in [2.24, 2.45) is 11.8 Å². The molecule has 0 heterocycles. The lowest BCUT2D eigenvalue weighted by atomic mass is 9.86. The van der Waals surface area contributed by atoms with Crippen molar-refractivity contribution in [3.8, 4) is 0 Å². The predicted octanol–water partition coefficient (Wildman–Crippen LogP) is 4.18. The second-order valence-electron chi connectivity index (χ2n) is 9.14. The van der Waals surface area contributed by atoms with Crippen LogP contribution in [0.5, 0.6) is 0 Å². The summed E-state index contributed by atoms with van der Waals surface area (Å²) in [6, 6.07) is 15.3. The van der Waals surface area contributed by atoms with Crippen LogP contribution in [-0.2, 0) is 30.9 Å². The lowest BCUT2D eigenvalue weighted by Crippen LogP contribution is -2.44. The van der Waals surface area contributed by atoms with E-state index in [9.17, 15) is 18.0 Å². The summed E-state index contributed by atoms with van der Waals surface area (Å²) >= 11 is 0. The number of sulfonamides is 1. The topological polar surface area (TPSA) is 90.0 Å². The molecule has 0 N–H and O–H groups in total. The second kappa shape index (κ2) is 10.7. The molecule has 182 valence electrons. The lowest BCUT2D eigenvalue weighted by Gasteiger charge is -2.35. The third-order valence-electron chi connectivity index (χ3n) is 6.66. The fraction of sp³-hybridized carbons (Fsp3) is 0.462. The highest BCUT2D eigenvalue weighted by molar-refractivity contribution is 7.89. The van der Waals surface area contributed by atoms with Crippen LogP contribution in [0.4, 0.5) is 0 Å². The van der Waals surface area contributed by atoms with Crippen molar-refractivity contribution in [2.75, 3.05) is 13.7 Å². The number of carbonyl (C=O) groups excluding carboxylic acids is 2. The first-order chi connectivity index (χ1) is 16.4. The van der Waals surface area contributed by atoms with Gasteiger partial charge in [-0.1, -0.05) is 36.4 Å². The van der Waals surface area contributed by atoms with Crippen LogP contribution in [0.1, 0.15) is 54.4 Å². The van der Waals surface area contributed by atoms with Crippen molar-refractivity contribution in [3.63, 3.8) is 0 Å². The lowest BCUT2D eigenvalue weighted by molar-refractivity contribution is -0.146. The summed E-state index contributed by atoms with van der Waals surface area (Å²) in [6.07, 6.45) is 4.50. The minimum Gasteiger partial charge on any atom is -0.469 e. The molecule has 0 saturated heterocycles. The van der Waals surface area contributed by atoms with Gasteiger partial charge in [0.15, 0.2) is 0 Å². The quantitative estimate of drug-likeness (QED) is 0.495. The van der Waals surface area contributed by atoms with Crippen molar-refractivity contribution in [3.05, 3.63) is 65.7 Å². The van der Waals surface area contributed by atoms with Crippen LogP contribution in [0, 0.1) is 11.8 Å². The van der Waals surface area contributed by atoms with E-state index < -0.39 is 16.0 Å². The van der Waals surface area contributed by atoms with Crippen LogP contribution >= 0.6 is 0 Å². The van der Waals surface area contributed by atoms with E-state index in [1.54, 1.807) is 16.4 Å². The van der Waals surface area contributed by atoms with Crippen molar-refractivity contribution in [2.45, 2.75) is 56.1 Å². The largest absolute Gasteiger partial charge is 0.469 e. The Labute approximate surface area is 201 Å². The zero-order chi connectivity index (χ0) is 24.1. The van der Waals surface area contributed by atoms with Crippen molar-refractivity contribution >= 4 is 22.0 Å². The van der Waals surface area contributed by atoms with Gasteiger partial charge < -0.3 is 9.47 Å². The molecule has 2 saturated carbocycles. The monoisotopic (exact) mass is 485 g/mol. The molecule has 0 spiro atoms. The molecule has 2 aliphatic rings. The molecule has 34 heavy (non-hydrogen) atoms. The number of methoxy groups -OCH3 is 1. The molecule has 2 aromatic carbocycles. The summed E-state index contributed by atoms with van der Waals surface area (Å²) in [4.78, 5) is 24.6. The normalized spacial score (nSPS) is 20.6. The highest BCUT2D eigenvalue weighted by Gasteiger charge is 2.39. The van der Waals surface area contributed by atoms with E-state index in [0.717, 1.165) is 18.4 Å². The van der Waals surface area contributed by atoms with Gasteiger partial charge >= 0.3 is 11.9 Å². The van der Waals surface area contributed by atoms with Crippen molar-refractivity contribution < 1.29 is 27.5 Å². The summed E-state index contributed by atoms with van der Waals surface area (Å²) in [6.45, 7) is 0.590. The van der Waals surface area contributed by atoms with Gasteiger partial charge in [0.1, 0.15) is 6.61 Å². The Hall–Kier alpha value is -2.71. The first-order valence-electron chi connectivity index (χ1n) is 11.8. The summed E-state index contributed by atoms with van der Waals surface area (Å²) in [7, 11) is -2.43. The molecule has 0 atom stereocenters. The highest BCUT2D eigenvalue weighted by Crippen LogP contribution is 2.37. The van der Waals surface area contributed by atoms with Crippen LogP contribution in [0.15, 0.2) is 59.5 Å². The van der Waals surface area contributed by atoms with Gasteiger partial charge in [0, 0.05) is 12.6 Å². The molecule has 2 aromatic rings. The number of rotatable bonds is 9. The first-order valence-corrected chi connectivity index (χ1v) is 13.2. The van der Waals surface area contributed by atoms with Gasteiger partial charge in [0.2, 0.25) is 10.0 Å².